The fourth-order valence-corrected chi connectivity index (χ4v) is 7.47. The second-order valence-corrected chi connectivity index (χ2v) is 11.2. The summed E-state index contributed by atoms with van der Waals surface area (Å²) in [6, 6.07) is 15.7. The number of amides is 2. The van der Waals surface area contributed by atoms with Gasteiger partial charge >= 0.3 is 192 Å². The van der Waals surface area contributed by atoms with Crippen molar-refractivity contribution in [2.75, 3.05) is 11.9 Å². The Labute approximate surface area is 191 Å². The third kappa shape index (κ3) is 2.79. The predicted octanol–water partition coefficient (Wildman–Crippen LogP) is 4.13. The van der Waals surface area contributed by atoms with Crippen molar-refractivity contribution in [2.45, 2.75) is 31.6 Å². The van der Waals surface area contributed by atoms with Gasteiger partial charge in [-0.1, -0.05) is 0 Å². The van der Waals surface area contributed by atoms with Crippen LogP contribution in [0, 0.1) is 5.92 Å². The molecule has 1 saturated carbocycles. The van der Waals surface area contributed by atoms with Gasteiger partial charge in [0.05, 0.1) is 0 Å². The number of hydrogen-bond donors (Lipinski definition) is 1. The molecular formula is C26H22N2O3Se. The predicted molar refractivity (Wildman–Crippen MR) is 124 cm³/mol. The number of fused-ring (bicyclic) bond motifs is 2. The van der Waals surface area contributed by atoms with Gasteiger partial charge in [-0.15, -0.1) is 0 Å². The van der Waals surface area contributed by atoms with E-state index in [1.165, 1.54) is 0 Å². The van der Waals surface area contributed by atoms with Gasteiger partial charge in [0.2, 0.25) is 0 Å². The molecule has 6 rings (SSSR count). The van der Waals surface area contributed by atoms with E-state index in [4.69, 9.17) is 0 Å². The van der Waals surface area contributed by atoms with Crippen LogP contribution in [-0.4, -0.2) is 43.5 Å². The molecule has 2 fully saturated rings. The normalized spacial score (nSPS) is 22.8. The van der Waals surface area contributed by atoms with Gasteiger partial charge in [0.1, 0.15) is 0 Å². The van der Waals surface area contributed by atoms with Crippen molar-refractivity contribution in [1.29, 1.82) is 0 Å². The third-order valence-corrected chi connectivity index (χ3v) is 9.25. The second-order valence-electron chi connectivity index (χ2n) is 8.89. The molecule has 2 atom stereocenters. The van der Waals surface area contributed by atoms with Gasteiger partial charge in [-0.3, -0.25) is 0 Å². The first kappa shape index (κ1) is 19.7. The van der Waals surface area contributed by atoms with Crippen LogP contribution in [0.4, 0.5) is 5.69 Å². The summed E-state index contributed by atoms with van der Waals surface area (Å²) < 4.78 is 1.95. The third-order valence-electron chi connectivity index (χ3n) is 6.93. The van der Waals surface area contributed by atoms with E-state index in [1.807, 2.05) is 54.3 Å². The molecule has 1 N–H and O–H groups in total. The molecule has 0 unspecified atom stereocenters. The van der Waals surface area contributed by atoms with Crippen LogP contribution in [0.1, 0.15) is 51.3 Å². The van der Waals surface area contributed by atoms with Crippen molar-refractivity contribution >= 4 is 47.4 Å². The fraction of sp³-hybridized carbons (Fsp3) is 0.269. The number of allylic oxidation sites excluding steroid dienone is 2. The zero-order valence-electron chi connectivity index (χ0n) is 17.7. The molecular weight excluding hydrogens is 467 g/mol. The van der Waals surface area contributed by atoms with Gasteiger partial charge in [0, 0.05) is 0 Å². The standard InChI is InChI=1S/C26H22N2O3Se/c1-2-5-24(30)27-17-8-9-21-15(10-17)11-22(32-21)25(31)28-14-16-13-26(16)19-7-4-3-6-18(19)20(29)12-23(26)28/h3-4,6-12,16H,2,5,13-14H2,1H3,(H,27,30)/t16-,26-/m1/s1. The molecule has 1 aromatic heterocycles. The van der Waals surface area contributed by atoms with E-state index in [2.05, 4.69) is 11.4 Å². The van der Waals surface area contributed by atoms with Gasteiger partial charge in [-0.05, 0) is 0 Å². The van der Waals surface area contributed by atoms with E-state index in [-0.39, 0.29) is 37.5 Å². The number of rotatable bonds is 4. The average Bonchev–Trinajstić information content (AvgIpc) is 3.18. The second kappa shape index (κ2) is 7.03. The molecule has 3 aromatic rings. The number of likely N-dealkylation sites (tertiary alicyclic amines) is 1. The summed E-state index contributed by atoms with van der Waals surface area (Å²) >= 11 is -0.0878. The van der Waals surface area contributed by atoms with Gasteiger partial charge < -0.3 is 0 Å². The van der Waals surface area contributed by atoms with Crippen LogP contribution in [-0.2, 0) is 10.2 Å². The Bertz CT molecular complexity index is 1350. The topological polar surface area (TPSA) is 66.5 Å². The van der Waals surface area contributed by atoms with Crippen LogP contribution in [0.5, 0.6) is 0 Å². The first-order valence-corrected chi connectivity index (χ1v) is 12.7. The summed E-state index contributed by atoms with van der Waals surface area (Å²) in [5.74, 6) is 0.409. The van der Waals surface area contributed by atoms with Crippen LogP contribution in [0.2, 0.25) is 0 Å². The zero-order valence-corrected chi connectivity index (χ0v) is 19.4. The number of nitrogens with one attached hydrogen (secondary N) is 1. The van der Waals surface area contributed by atoms with E-state index < -0.39 is 0 Å². The molecule has 3 aliphatic rings. The molecule has 2 aromatic carbocycles. The first-order valence-electron chi connectivity index (χ1n) is 11.0. The maximum atomic E-state index is 13.6. The number of anilines is 1. The van der Waals surface area contributed by atoms with E-state index in [0.29, 0.717) is 18.9 Å². The van der Waals surface area contributed by atoms with Crippen molar-refractivity contribution in [2.24, 2.45) is 5.92 Å². The van der Waals surface area contributed by atoms with Crippen molar-refractivity contribution < 1.29 is 14.4 Å². The number of carbonyl (C=O) groups excluding carboxylic acids is 3. The average molecular weight is 489 g/mol. The van der Waals surface area contributed by atoms with Crippen molar-refractivity contribution in [3.05, 3.63) is 75.9 Å². The molecule has 32 heavy (non-hydrogen) atoms. The summed E-state index contributed by atoms with van der Waals surface area (Å²) in [5.41, 5.74) is 3.36. The Morgan fingerprint density at radius 1 is 1.19 bits per heavy atom. The number of carbonyl (C=O) groups is 3. The van der Waals surface area contributed by atoms with Crippen molar-refractivity contribution in [3.8, 4) is 0 Å². The molecule has 0 radical (unpaired) electrons. The fourth-order valence-electron chi connectivity index (χ4n) is 5.39. The number of ketones is 1. The molecule has 2 amide bonds. The Hall–Kier alpha value is -2.95. The molecule has 2 aliphatic carbocycles. The summed E-state index contributed by atoms with van der Waals surface area (Å²) in [4.78, 5) is 40.1. The zero-order chi connectivity index (χ0) is 22.0. The van der Waals surface area contributed by atoms with E-state index >= 15 is 0 Å². The van der Waals surface area contributed by atoms with E-state index in [0.717, 1.165) is 49.4 Å². The molecule has 5 nitrogen and oxygen atoms in total. The minimum absolute atomic E-state index is 0.00626. The van der Waals surface area contributed by atoms with Gasteiger partial charge in [-0.25, -0.2) is 0 Å². The quantitative estimate of drug-likeness (QED) is 0.561. The molecule has 2 heterocycles. The Morgan fingerprint density at radius 3 is 2.88 bits per heavy atom. The Kier molecular flexibility index (Phi) is 4.33. The van der Waals surface area contributed by atoms with Gasteiger partial charge in [0.25, 0.3) is 0 Å². The summed E-state index contributed by atoms with van der Waals surface area (Å²) in [6.07, 6.45) is 4.01. The number of nitrogens with zero attached hydrogens (tertiary/aromatic N) is 1. The molecule has 1 saturated heterocycles. The van der Waals surface area contributed by atoms with Crippen molar-refractivity contribution in [1.82, 2.24) is 4.90 Å². The van der Waals surface area contributed by atoms with Crippen LogP contribution >= 0.6 is 0 Å². The first-order chi connectivity index (χ1) is 15.5. The van der Waals surface area contributed by atoms with Crippen LogP contribution in [0.3, 0.4) is 0 Å². The van der Waals surface area contributed by atoms with Crippen molar-refractivity contribution in [3.63, 3.8) is 0 Å². The molecule has 0 bridgehead atoms. The van der Waals surface area contributed by atoms with E-state index in [1.54, 1.807) is 6.08 Å². The Balaban J connectivity index is 1.31. The molecule has 160 valence electrons. The number of benzene rings is 2. The van der Waals surface area contributed by atoms with Gasteiger partial charge in [0.15, 0.2) is 0 Å². The van der Waals surface area contributed by atoms with Gasteiger partial charge in [-0.2, -0.15) is 0 Å². The molecule has 1 aliphatic heterocycles. The summed E-state index contributed by atoms with van der Waals surface area (Å²) in [6.45, 7) is 2.65. The maximum absolute atomic E-state index is 13.6. The van der Waals surface area contributed by atoms with E-state index in [9.17, 15) is 14.4 Å². The summed E-state index contributed by atoms with van der Waals surface area (Å²) in [7, 11) is 0. The number of hydrogen-bond acceptors (Lipinski definition) is 3. The SMILES string of the molecule is CCCC(=O)Nc1ccc2[se]c(C(=O)N3C[C@H]4C[C@@]45C3=CC(=O)c3ccccc35)cc2c1. The summed E-state index contributed by atoms with van der Waals surface area (Å²) in [5, 5.41) is 3.93. The number of piperidine rings is 1. The van der Waals surface area contributed by atoms with Crippen LogP contribution < -0.4 is 5.32 Å². The van der Waals surface area contributed by atoms with Crippen LogP contribution in [0.15, 0.2) is 60.3 Å². The van der Waals surface area contributed by atoms with Crippen LogP contribution in [0.25, 0.3) is 9.65 Å². The Morgan fingerprint density at radius 2 is 2.03 bits per heavy atom. The minimum atomic E-state index is -0.157. The monoisotopic (exact) mass is 490 g/mol. The molecule has 6 heteroatoms. The molecule has 1 spiro atoms.